The molecule has 0 radical (unpaired) electrons. The van der Waals surface area contributed by atoms with Crippen LogP contribution in [0, 0.1) is 13.8 Å². The summed E-state index contributed by atoms with van der Waals surface area (Å²) in [6.07, 6.45) is -0.00643. The van der Waals surface area contributed by atoms with Crippen molar-refractivity contribution < 1.29 is 14.3 Å². The highest BCUT2D eigenvalue weighted by Crippen LogP contribution is 2.31. The number of aromatic hydroxyl groups is 1. The summed E-state index contributed by atoms with van der Waals surface area (Å²) >= 11 is 0. The third-order valence-electron chi connectivity index (χ3n) is 5.41. The van der Waals surface area contributed by atoms with Gasteiger partial charge in [0, 0.05) is 30.6 Å². The minimum atomic E-state index is -0.351. The van der Waals surface area contributed by atoms with Gasteiger partial charge in [-0.2, -0.15) is 0 Å². The molecule has 140 valence electrons. The standard InChI is InChI=1S/C22H23NO4/c1-14-15(2)22(25)27-21-17(14)8-9-19(24)18(21)12-23-10-11-26-20(13-23)16-6-4-3-5-7-16/h3-9,20,24H,10-13H2,1-2H3. The quantitative estimate of drug-likeness (QED) is 0.717. The van der Waals surface area contributed by atoms with Gasteiger partial charge in [0.2, 0.25) is 0 Å². The van der Waals surface area contributed by atoms with E-state index in [4.69, 9.17) is 9.15 Å². The Hall–Kier alpha value is -2.63. The second-order valence-corrected chi connectivity index (χ2v) is 7.08. The molecule has 0 bridgehead atoms. The van der Waals surface area contributed by atoms with Gasteiger partial charge in [0.05, 0.1) is 18.3 Å². The molecular weight excluding hydrogens is 342 g/mol. The summed E-state index contributed by atoms with van der Waals surface area (Å²) in [5.74, 6) is 0.150. The van der Waals surface area contributed by atoms with Gasteiger partial charge in [-0.3, -0.25) is 4.90 Å². The average molecular weight is 365 g/mol. The van der Waals surface area contributed by atoms with Crippen LogP contribution in [0.3, 0.4) is 0 Å². The molecule has 4 rings (SSSR count). The first-order valence-electron chi connectivity index (χ1n) is 9.18. The summed E-state index contributed by atoms with van der Waals surface area (Å²) in [6.45, 7) is 6.27. The van der Waals surface area contributed by atoms with Crippen molar-refractivity contribution in [3.8, 4) is 5.75 Å². The molecule has 1 saturated heterocycles. The first kappa shape index (κ1) is 17.8. The third-order valence-corrected chi connectivity index (χ3v) is 5.41. The number of aryl methyl sites for hydroxylation is 1. The molecule has 3 aromatic rings. The Kier molecular flexibility index (Phi) is 4.72. The second kappa shape index (κ2) is 7.18. The molecule has 1 fully saturated rings. The molecule has 0 spiro atoms. The SMILES string of the molecule is Cc1c(C)c2ccc(O)c(CN3CCOC(c4ccccc4)C3)c2oc1=O. The zero-order chi connectivity index (χ0) is 19.0. The molecular formula is C22H23NO4. The molecule has 1 aromatic heterocycles. The van der Waals surface area contributed by atoms with E-state index in [1.807, 2.05) is 31.2 Å². The number of hydrogen-bond donors (Lipinski definition) is 1. The molecule has 27 heavy (non-hydrogen) atoms. The predicted molar refractivity (Wildman–Crippen MR) is 104 cm³/mol. The Morgan fingerprint density at radius 3 is 2.67 bits per heavy atom. The fraction of sp³-hybridized carbons (Fsp3) is 0.318. The van der Waals surface area contributed by atoms with Gasteiger partial charge < -0.3 is 14.3 Å². The molecule has 0 saturated carbocycles. The lowest BCUT2D eigenvalue weighted by atomic mass is 10.0. The Morgan fingerprint density at radius 2 is 1.89 bits per heavy atom. The van der Waals surface area contributed by atoms with Crippen LogP contribution in [-0.2, 0) is 11.3 Å². The van der Waals surface area contributed by atoms with Crippen LogP contribution in [-0.4, -0.2) is 29.7 Å². The maximum atomic E-state index is 12.2. The van der Waals surface area contributed by atoms with E-state index in [0.29, 0.717) is 29.9 Å². The summed E-state index contributed by atoms with van der Waals surface area (Å²) in [7, 11) is 0. The zero-order valence-corrected chi connectivity index (χ0v) is 15.6. The number of nitrogens with zero attached hydrogens (tertiary/aromatic N) is 1. The van der Waals surface area contributed by atoms with Crippen LogP contribution in [0.15, 0.2) is 51.7 Å². The van der Waals surface area contributed by atoms with Crippen molar-refractivity contribution in [1.82, 2.24) is 4.90 Å². The number of hydrogen-bond acceptors (Lipinski definition) is 5. The van der Waals surface area contributed by atoms with E-state index < -0.39 is 0 Å². The minimum Gasteiger partial charge on any atom is -0.507 e. The van der Waals surface area contributed by atoms with Crippen molar-refractivity contribution in [2.45, 2.75) is 26.5 Å². The summed E-state index contributed by atoms with van der Waals surface area (Å²) in [6, 6.07) is 13.6. The summed E-state index contributed by atoms with van der Waals surface area (Å²) < 4.78 is 11.5. The average Bonchev–Trinajstić information content (AvgIpc) is 2.69. The molecule has 1 aliphatic heterocycles. The lowest BCUT2D eigenvalue weighted by Crippen LogP contribution is -2.37. The molecule has 1 unspecified atom stereocenters. The van der Waals surface area contributed by atoms with Gasteiger partial charge in [0.25, 0.3) is 0 Å². The van der Waals surface area contributed by atoms with Gasteiger partial charge in [0.1, 0.15) is 11.3 Å². The third kappa shape index (κ3) is 3.36. The van der Waals surface area contributed by atoms with E-state index in [0.717, 1.165) is 29.6 Å². The first-order chi connectivity index (χ1) is 13.0. The molecule has 5 heteroatoms. The Labute approximate surface area is 157 Å². The Morgan fingerprint density at radius 1 is 1.11 bits per heavy atom. The van der Waals surface area contributed by atoms with Crippen LogP contribution in [0.4, 0.5) is 0 Å². The van der Waals surface area contributed by atoms with E-state index >= 15 is 0 Å². The monoisotopic (exact) mass is 365 g/mol. The fourth-order valence-corrected chi connectivity index (χ4v) is 3.65. The highest BCUT2D eigenvalue weighted by molar-refractivity contribution is 5.85. The summed E-state index contributed by atoms with van der Waals surface area (Å²) in [4.78, 5) is 14.4. The molecule has 5 nitrogen and oxygen atoms in total. The number of fused-ring (bicyclic) bond motifs is 1. The van der Waals surface area contributed by atoms with Crippen molar-refractivity contribution in [3.63, 3.8) is 0 Å². The van der Waals surface area contributed by atoms with Crippen molar-refractivity contribution in [1.29, 1.82) is 0 Å². The van der Waals surface area contributed by atoms with Gasteiger partial charge >= 0.3 is 5.63 Å². The Balaban J connectivity index is 1.67. The number of benzene rings is 2. The molecule has 0 aliphatic carbocycles. The van der Waals surface area contributed by atoms with Crippen LogP contribution < -0.4 is 5.63 Å². The molecule has 1 atom stereocenters. The number of morpholine rings is 1. The molecule has 2 aromatic carbocycles. The number of rotatable bonds is 3. The van der Waals surface area contributed by atoms with E-state index in [2.05, 4.69) is 17.0 Å². The maximum absolute atomic E-state index is 12.2. The lowest BCUT2D eigenvalue weighted by Gasteiger charge is -2.33. The van der Waals surface area contributed by atoms with E-state index in [1.165, 1.54) is 0 Å². The van der Waals surface area contributed by atoms with Gasteiger partial charge in [-0.25, -0.2) is 4.79 Å². The van der Waals surface area contributed by atoms with E-state index in [9.17, 15) is 9.90 Å². The van der Waals surface area contributed by atoms with Gasteiger partial charge in [-0.05, 0) is 37.1 Å². The second-order valence-electron chi connectivity index (χ2n) is 7.08. The largest absolute Gasteiger partial charge is 0.507 e. The van der Waals surface area contributed by atoms with E-state index in [1.54, 1.807) is 13.0 Å². The van der Waals surface area contributed by atoms with E-state index in [-0.39, 0.29) is 17.5 Å². The predicted octanol–water partition coefficient (Wildman–Crippen LogP) is 3.69. The molecule has 1 N–H and O–H groups in total. The molecule has 2 heterocycles. The maximum Gasteiger partial charge on any atom is 0.339 e. The van der Waals surface area contributed by atoms with Crippen LogP contribution in [0.2, 0.25) is 0 Å². The normalized spacial score (nSPS) is 18.1. The zero-order valence-electron chi connectivity index (χ0n) is 15.6. The lowest BCUT2D eigenvalue weighted by molar-refractivity contribution is -0.0330. The highest BCUT2D eigenvalue weighted by atomic mass is 16.5. The van der Waals surface area contributed by atoms with Gasteiger partial charge in [-0.15, -0.1) is 0 Å². The Bertz CT molecular complexity index is 1030. The number of ether oxygens (including phenoxy) is 1. The molecule has 0 amide bonds. The summed E-state index contributed by atoms with van der Waals surface area (Å²) in [5.41, 5.74) is 3.42. The number of phenolic OH excluding ortho intramolecular Hbond substituents is 1. The van der Waals surface area contributed by atoms with Crippen LogP contribution in [0.1, 0.15) is 28.4 Å². The van der Waals surface area contributed by atoms with Gasteiger partial charge in [-0.1, -0.05) is 30.3 Å². The van der Waals surface area contributed by atoms with Crippen molar-refractivity contribution >= 4 is 11.0 Å². The fourth-order valence-electron chi connectivity index (χ4n) is 3.65. The summed E-state index contributed by atoms with van der Waals surface area (Å²) in [5, 5.41) is 11.3. The highest BCUT2D eigenvalue weighted by Gasteiger charge is 2.24. The topological polar surface area (TPSA) is 62.9 Å². The van der Waals surface area contributed by atoms with Crippen molar-refractivity contribution in [2.75, 3.05) is 19.7 Å². The van der Waals surface area contributed by atoms with Crippen molar-refractivity contribution in [2.24, 2.45) is 0 Å². The van der Waals surface area contributed by atoms with Crippen LogP contribution >= 0.6 is 0 Å². The van der Waals surface area contributed by atoms with Crippen LogP contribution in [0.5, 0.6) is 5.75 Å². The first-order valence-corrected chi connectivity index (χ1v) is 9.18. The molecule has 1 aliphatic rings. The number of phenols is 1. The van der Waals surface area contributed by atoms with Crippen molar-refractivity contribution in [3.05, 3.63) is 75.1 Å². The van der Waals surface area contributed by atoms with Gasteiger partial charge in [0.15, 0.2) is 0 Å². The minimum absolute atomic E-state index is 0.00643. The smallest absolute Gasteiger partial charge is 0.339 e. The van der Waals surface area contributed by atoms with Crippen LogP contribution in [0.25, 0.3) is 11.0 Å².